The maximum atomic E-state index is 11.7. The van der Waals surface area contributed by atoms with Crippen LogP contribution in [0.4, 0.5) is 0 Å². The molecular formula is C21H26ClNO7S. The van der Waals surface area contributed by atoms with Crippen molar-refractivity contribution in [3.05, 3.63) is 34.9 Å². The Hall–Kier alpha value is -2.10. The first-order valence-corrected chi connectivity index (χ1v) is 11.1. The van der Waals surface area contributed by atoms with Gasteiger partial charge in [0, 0.05) is 31.5 Å². The van der Waals surface area contributed by atoms with Gasteiger partial charge in [-0.05, 0) is 24.8 Å². The second kappa shape index (κ2) is 12.1. The van der Waals surface area contributed by atoms with Crippen molar-refractivity contribution in [1.82, 2.24) is 0 Å². The summed E-state index contributed by atoms with van der Waals surface area (Å²) >= 11 is 7.62. The first-order valence-electron chi connectivity index (χ1n) is 9.67. The second-order valence-corrected chi connectivity index (χ2v) is 8.49. The molecule has 3 unspecified atom stereocenters. The van der Waals surface area contributed by atoms with Gasteiger partial charge in [0.05, 0.1) is 0 Å². The molecule has 1 aromatic rings. The minimum absolute atomic E-state index is 0.145. The summed E-state index contributed by atoms with van der Waals surface area (Å²) < 4.78 is 22.0. The van der Waals surface area contributed by atoms with Gasteiger partial charge in [0.25, 0.3) is 0 Å². The number of esters is 3. The van der Waals surface area contributed by atoms with E-state index in [9.17, 15) is 14.4 Å². The molecule has 0 N–H and O–H groups in total. The molecule has 0 aliphatic carbocycles. The van der Waals surface area contributed by atoms with Crippen molar-refractivity contribution in [2.75, 3.05) is 12.4 Å². The molecular weight excluding hydrogens is 446 g/mol. The summed E-state index contributed by atoms with van der Waals surface area (Å²) in [6.45, 7) is 7.22. The van der Waals surface area contributed by atoms with Crippen molar-refractivity contribution < 1.29 is 33.3 Å². The van der Waals surface area contributed by atoms with Crippen LogP contribution >= 0.6 is 23.4 Å². The molecule has 10 heteroatoms. The monoisotopic (exact) mass is 471 g/mol. The highest BCUT2D eigenvalue weighted by Crippen LogP contribution is 2.34. The van der Waals surface area contributed by atoms with E-state index in [0.29, 0.717) is 17.2 Å². The van der Waals surface area contributed by atoms with Crippen molar-refractivity contribution in [2.45, 2.75) is 57.0 Å². The third kappa shape index (κ3) is 7.52. The number of hydrogen-bond donors (Lipinski definition) is 0. The van der Waals surface area contributed by atoms with Crippen molar-refractivity contribution in [1.29, 1.82) is 0 Å². The predicted molar refractivity (Wildman–Crippen MR) is 117 cm³/mol. The molecule has 170 valence electrons. The fourth-order valence-corrected chi connectivity index (χ4v) is 4.64. The smallest absolute Gasteiger partial charge is 0.303 e. The van der Waals surface area contributed by atoms with Gasteiger partial charge < -0.3 is 18.9 Å². The molecule has 2 rings (SSSR count). The summed E-state index contributed by atoms with van der Waals surface area (Å²) in [6, 6.07) is 6.72. The summed E-state index contributed by atoms with van der Waals surface area (Å²) in [5.41, 5.74) is 0.332. The Labute approximate surface area is 190 Å². The van der Waals surface area contributed by atoms with Crippen molar-refractivity contribution in [3.8, 4) is 0 Å². The highest BCUT2D eigenvalue weighted by atomic mass is 35.5. The number of ether oxygens (including phenoxy) is 4. The number of benzene rings is 1. The summed E-state index contributed by atoms with van der Waals surface area (Å²) in [5.74, 6) is -0.993. The van der Waals surface area contributed by atoms with Crippen LogP contribution in [0.2, 0.25) is 5.02 Å². The lowest BCUT2D eigenvalue weighted by atomic mass is 9.97. The van der Waals surface area contributed by atoms with E-state index in [2.05, 4.69) is 11.7 Å². The third-order valence-electron chi connectivity index (χ3n) is 4.49. The Bertz CT molecular complexity index is 806. The van der Waals surface area contributed by atoms with Crippen LogP contribution in [0.15, 0.2) is 29.3 Å². The average molecular weight is 472 g/mol. The number of aryl methyl sites for hydroxylation is 1. The Balaban J connectivity index is 2.21. The summed E-state index contributed by atoms with van der Waals surface area (Å²) in [4.78, 5) is 38.8. The van der Waals surface area contributed by atoms with Gasteiger partial charge in [-0.25, -0.2) is 0 Å². The molecule has 0 saturated carbocycles. The van der Waals surface area contributed by atoms with Crippen molar-refractivity contribution >= 4 is 48.0 Å². The van der Waals surface area contributed by atoms with Gasteiger partial charge in [-0.1, -0.05) is 29.8 Å². The van der Waals surface area contributed by atoms with Gasteiger partial charge in [-0.2, -0.15) is 0 Å². The Kier molecular flexibility index (Phi) is 9.80. The van der Waals surface area contributed by atoms with Gasteiger partial charge in [0.2, 0.25) is 0 Å². The number of hydrogen-bond acceptors (Lipinski definition) is 9. The molecule has 0 bridgehead atoms. The van der Waals surface area contributed by atoms with Crippen LogP contribution in [0, 0.1) is 0 Å². The zero-order valence-electron chi connectivity index (χ0n) is 17.6. The lowest BCUT2D eigenvalue weighted by molar-refractivity contribution is -0.200. The normalized spacial score (nSPS) is 25.4. The molecule has 0 spiro atoms. The van der Waals surface area contributed by atoms with Crippen molar-refractivity contribution in [2.24, 2.45) is 4.99 Å². The molecule has 0 radical (unpaired) electrons. The van der Waals surface area contributed by atoms with E-state index >= 15 is 0 Å². The van der Waals surface area contributed by atoms with Gasteiger partial charge in [0.1, 0.15) is 24.2 Å². The number of carbonyl (C=O) groups is 3. The van der Waals surface area contributed by atoms with Gasteiger partial charge in [-0.3, -0.25) is 19.4 Å². The lowest BCUT2D eigenvalue weighted by Crippen LogP contribution is -2.59. The topological polar surface area (TPSA) is 100 Å². The van der Waals surface area contributed by atoms with Crippen LogP contribution in [0.5, 0.6) is 0 Å². The Morgan fingerprint density at radius 2 is 1.74 bits per heavy atom. The molecule has 1 aliphatic heterocycles. The molecule has 0 aromatic heterocycles. The lowest BCUT2D eigenvalue weighted by Gasteiger charge is -2.43. The molecule has 5 atom stereocenters. The minimum Gasteiger partial charge on any atom is -0.463 e. The van der Waals surface area contributed by atoms with Crippen LogP contribution in [-0.4, -0.2) is 66.8 Å². The molecule has 1 fully saturated rings. The molecule has 1 aromatic carbocycles. The highest BCUT2D eigenvalue weighted by Gasteiger charge is 2.49. The first-order chi connectivity index (χ1) is 14.7. The number of carbonyl (C=O) groups excluding carboxylic acids is 3. The van der Waals surface area contributed by atoms with Crippen LogP contribution in [0.1, 0.15) is 26.3 Å². The molecule has 8 nitrogen and oxygen atoms in total. The molecule has 1 aliphatic rings. The van der Waals surface area contributed by atoms with Crippen LogP contribution in [-0.2, 0) is 39.8 Å². The number of halogens is 1. The minimum atomic E-state index is -0.931. The fourth-order valence-electron chi connectivity index (χ4n) is 3.21. The Morgan fingerprint density at radius 3 is 2.32 bits per heavy atom. The maximum absolute atomic E-state index is 11.7. The SMILES string of the molecule is C=NC1C(OC(C)=O)[C@@H](SCCc2ccccc2Cl)OC(COC(C)=O)[C@@H]1OC(C)=O. The summed E-state index contributed by atoms with van der Waals surface area (Å²) in [7, 11) is 0. The van der Waals surface area contributed by atoms with E-state index < -0.39 is 47.7 Å². The van der Waals surface area contributed by atoms with Crippen LogP contribution in [0.25, 0.3) is 0 Å². The predicted octanol–water partition coefficient (Wildman–Crippen LogP) is 2.84. The second-order valence-electron chi connectivity index (χ2n) is 6.88. The van der Waals surface area contributed by atoms with E-state index in [0.717, 1.165) is 5.56 Å². The van der Waals surface area contributed by atoms with E-state index in [1.54, 1.807) is 0 Å². The van der Waals surface area contributed by atoms with Crippen molar-refractivity contribution in [3.63, 3.8) is 0 Å². The molecule has 1 saturated heterocycles. The van der Waals surface area contributed by atoms with E-state index in [1.807, 2.05) is 24.3 Å². The standard InChI is InChI=1S/C21H26ClNO7S/c1-12(24)27-11-17-19(28-13(2)25)18(23-4)20(29-14(3)26)21(30-17)31-10-9-15-7-5-6-8-16(15)22/h5-8,17-21H,4,9-11H2,1-3H3/t17?,18?,19-,20?,21+/m0/s1. The zero-order valence-corrected chi connectivity index (χ0v) is 19.2. The maximum Gasteiger partial charge on any atom is 0.303 e. The van der Waals surface area contributed by atoms with E-state index in [1.165, 1.54) is 32.5 Å². The quantitative estimate of drug-likeness (QED) is 0.308. The Morgan fingerprint density at radius 1 is 1.10 bits per heavy atom. The van der Waals surface area contributed by atoms with Crippen LogP contribution < -0.4 is 0 Å². The number of nitrogens with zero attached hydrogens (tertiary/aromatic N) is 1. The van der Waals surface area contributed by atoms with E-state index in [-0.39, 0.29) is 6.61 Å². The first kappa shape index (κ1) is 25.2. The van der Waals surface area contributed by atoms with Gasteiger partial charge in [-0.15, -0.1) is 11.8 Å². The molecule has 31 heavy (non-hydrogen) atoms. The van der Waals surface area contributed by atoms with Crippen LogP contribution in [0.3, 0.4) is 0 Å². The summed E-state index contributed by atoms with van der Waals surface area (Å²) in [5, 5.41) is 0.664. The number of thioether (sulfide) groups is 1. The third-order valence-corrected chi connectivity index (χ3v) is 6.01. The molecule has 1 heterocycles. The largest absolute Gasteiger partial charge is 0.463 e. The fraction of sp³-hybridized carbons (Fsp3) is 0.524. The zero-order chi connectivity index (χ0) is 23.0. The number of aliphatic imine (C=N–C) groups is 1. The summed E-state index contributed by atoms with van der Waals surface area (Å²) in [6.07, 6.45) is -1.92. The van der Waals surface area contributed by atoms with Gasteiger partial charge >= 0.3 is 17.9 Å². The number of rotatable bonds is 9. The van der Waals surface area contributed by atoms with E-state index in [4.69, 9.17) is 30.5 Å². The average Bonchev–Trinajstić information content (AvgIpc) is 2.69. The highest BCUT2D eigenvalue weighted by molar-refractivity contribution is 7.99. The van der Waals surface area contributed by atoms with Gasteiger partial charge in [0.15, 0.2) is 12.2 Å². The molecule has 0 amide bonds.